The summed E-state index contributed by atoms with van der Waals surface area (Å²) in [6.45, 7) is 5.06. The molecule has 6 heteroatoms. The Balaban J connectivity index is 1.44. The van der Waals surface area contributed by atoms with Crippen molar-refractivity contribution in [3.8, 4) is 11.5 Å². The molecule has 0 atom stereocenters. The van der Waals surface area contributed by atoms with Crippen LogP contribution in [0.4, 0.5) is 10.1 Å². The molecule has 0 saturated heterocycles. The molecule has 30 heavy (non-hydrogen) atoms. The first-order valence-corrected chi connectivity index (χ1v) is 9.88. The lowest BCUT2D eigenvalue weighted by atomic mass is 10.2. The van der Waals surface area contributed by atoms with Crippen LogP contribution in [0.3, 0.4) is 0 Å². The summed E-state index contributed by atoms with van der Waals surface area (Å²) < 4.78 is 24.2. The van der Waals surface area contributed by atoms with Crippen LogP contribution in [-0.4, -0.2) is 11.7 Å². The summed E-state index contributed by atoms with van der Waals surface area (Å²) in [5.41, 5.74) is 2.83. The van der Waals surface area contributed by atoms with Gasteiger partial charge in [0.05, 0.1) is 0 Å². The van der Waals surface area contributed by atoms with Crippen molar-refractivity contribution in [1.29, 1.82) is 0 Å². The van der Waals surface area contributed by atoms with Crippen molar-refractivity contribution in [2.75, 3.05) is 11.9 Å². The highest BCUT2D eigenvalue weighted by atomic mass is 32.1. The van der Waals surface area contributed by atoms with E-state index < -0.39 is 0 Å². The monoisotopic (exact) mass is 422 g/mol. The van der Waals surface area contributed by atoms with Gasteiger partial charge in [-0.15, -0.1) is 0 Å². The van der Waals surface area contributed by atoms with E-state index >= 15 is 0 Å². The Hall–Kier alpha value is -3.38. The Kier molecular flexibility index (Phi) is 7.80. The smallest absolute Gasteiger partial charge is 0.171 e. The van der Waals surface area contributed by atoms with Gasteiger partial charge in [-0.25, -0.2) is 4.39 Å². The first kappa shape index (κ1) is 21.3. The minimum Gasteiger partial charge on any atom is -0.489 e. The standard InChI is InChI=1S/C24H23FN2O2S/c1-2-14-28-23-5-3-4-21(15-23)27-24(30)26-16-18-8-12-22(13-9-18)29-17-19-6-10-20(25)11-7-19/h2-13,15H,1,14,16-17H2,(H2,26,27,30). The second-order valence-corrected chi connectivity index (χ2v) is 6.90. The summed E-state index contributed by atoms with van der Waals surface area (Å²) in [5.74, 6) is 1.25. The molecule has 0 amide bonds. The number of hydrogen-bond donors (Lipinski definition) is 2. The fourth-order valence-electron chi connectivity index (χ4n) is 2.63. The highest BCUT2D eigenvalue weighted by Crippen LogP contribution is 2.18. The summed E-state index contributed by atoms with van der Waals surface area (Å²) in [4.78, 5) is 0. The number of anilines is 1. The Morgan fingerprint density at radius 3 is 2.40 bits per heavy atom. The molecule has 0 aliphatic heterocycles. The van der Waals surface area contributed by atoms with Gasteiger partial charge in [0.2, 0.25) is 0 Å². The predicted octanol–water partition coefficient (Wildman–Crippen LogP) is 5.46. The number of ether oxygens (including phenoxy) is 2. The van der Waals surface area contributed by atoms with E-state index in [9.17, 15) is 4.39 Å². The molecule has 0 fully saturated rings. The molecule has 0 aliphatic carbocycles. The molecule has 154 valence electrons. The fraction of sp³-hybridized carbons (Fsp3) is 0.125. The summed E-state index contributed by atoms with van der Waals surface area (Å²) in [5, 5.41) is 6.85. The molecule has 0 saturated carbocycles. The summed E-state index contributed by atoms with van der Waals surface area (Å²) in [6.07, 6.45) is 1.70. The second kappa shape index (κ2) is 11.0. The van der Waals surface area contributed by atoms with Gasteiger partial charge in [0.25, 0.3) is 0 Å². The van der Waals surface area contributed by atoms with Crippen LogP contribution in [0.15, 0.2) is 85.5 Å². The van der Waals surface area contributed by atoms with Gasteiger partial charge in [0.1, 0.15) is 30.5 Å². The van der Waals surface area contributed by atoms with Gasteiger partial charge in [0, 0.05) is 18.3 Å². The normalized spacial score (nSPS) is 10.2. The maximum absolute atomic E-state index is 12.9. The molecule has 0 heterocycles. The number of rotatable bonds is 9. The summed E-state index contributed by atoms with van der Waals surface area (Å²) in [7, 11) is 0. The quantitative estimate of drug-likeness (QED) is 0.354. The van der Waals surface area contributed by atoms with Crippen LogP contribution in [0.25, 0.3) is 0 Å². The molecular formula is C24H23FN2O2S. The Morgan fingerprint density at radius 2 is 1.67 bits per heavy atom. The van der Waals surface area contributed by atoms with E-state index in [0.29, 0.717) is 24.9 Å². The minimum atomic E-state index is -0.253. The number of benzene rings is 3. The molecule has 4 nitrogen and oxygen atoms in total. The third-order valence-electron chi connectivity index (χ3n) is 4.15. The molecule has 3 aromatic rings. The molecular weight excluding hydrogens is 399 g/mol. The zero-order chi connectivity index (χ0) is 21.2. The maximum atomic E-state index is 12.9. The maximum Gasteiger partial charge on any atom is 0.171 e. The first-order valence-electron chi connectivity index (χ1n) is 9.47. The van der Waals surface area contributed by atoms with E-state index in [-0.39, 0.29) is 5.82 Å². The van der Waals surface area contributed by atoms with Gasteiger partial charge in [-0.1, -0.05) is 43.0 Å². The predicted molar refractivity (Wildman–Crippen MR) is 122 cm³/mol. The minimum absolute atomic E-state index is 0.253. The van der Waals surface area contributed by atoms with Crippen LogP contribution < -0.4 is 20.1 Å². The zero-order valence-electron chi connectivity index (χ0n) is 16.4. The van der Waals surface area contributed by atoms with E-state index in [4.69, 9.17) is 21.7 Å². The van der Waals surface area contributed by atoms with Crippen molar-refractivity contribution >= 4 is 23.0 Å². The van der Waals surface area contributed by atoms with E-state index in [0.717, 1.165) is 28.3 Å². The summed E-state index contributed by atoms with van der Waals surface area (Å²) >= 11 is 5.37. The topological polar surface area (TPSA) is 42.5 Å². The second-order valence-electron chi connectivity index (χ2n) is 6.49. The van der Waals surface area contributed by atoms with Crippen LogP contribution in [0, 0.1) is 5.82 Å². The van der Waals surface area contributed by atoms with Gasteiger partial charge in [-0.05, 0) is 59.7 Å². The van der Waals surface area contributed by atoms with E-state index in [1.807, 2.05) is 48.5 Å². The lowest BCUT2D eigenvalue weighted by molar-refractivity contribution is 0.306. The van der Waals surface area contributed by atoms with Crippen molar-refractivity contribution in [1.82, 2.24) is 5.32 Å². The van der Waals surface area contributed by atoms with Crippen LogP contribution in [0.1, 0.15) is 11.1 Å². The highest BCUT2D eigenvalue weighted by Gasteiger charge is 2.02. The molecule has 2 N–H and O–H groups in total. The van der Waals surface area contributed by atoms with Crippen LogP contribution >= 0.6 is 12.2 Å². The lowest BCUT2D eigenvalue weighted by Crippen LogP contribution is -2.27. The fourth-order valence-corrected chi connectivity index (χ4v) is 2.82. The lowest BCUT2D eigenvalue weighted by Gasteiger charge is -2.12. The van der Waals surface area contributed by atoms with E-state index in [1.165, 1.54) is 12.1 Å². The Bertz CT molecular complexity index is 975. The third-order valence-corrected chi connectivity index (χ3v) is 4.40. The van der Waals surface area contributed by atoms with Gasteiger partial charge in [-0.3, -0.25) is 0 Å². The van der Waals surface area contributed by atoms with Crippen molar-refractivity contribution in [2.24, 2.45) is 0 Å². The van der Waals surface area contributed by atoms with E-state index in [1.54, 1.807) is 18.2 Å². The van der Waals surface area contributed by atoms with Crippen LogP contribution in [0.5, 0.6) is 11.5 Å². The van der Waals surface area contributed by atoms with Crippen LogP contribution in [-0.2, 0) is 13.2 Å². The largest absolute Gasteiger partial charge is 0.489 e. The molecule has 0 radical (unpaired) electrons. The van der Waals surface area contributed by atoms with Crippen molar-refractivity contribution in [3.63, 3.8) is 0 Å². The highest BCUT2D eigenvalue weighted by molar-refractivity contribution is 7.80. The molecule has 0 spiro atoms. The number of thiocarbonyl (C=S) groups is 1. The molecule has 0 unspecified atom stereocenters. The molecule has 0 aliphatic rings. The van der Waals surface area contributed by atoms with E-state index in [2.05, 4.69) is 17.2 Å². The van der Waals surface area contributed by atoms with Gasteiger partial charge >= 0.3 is 0 Å². The number of hydrogen-bond acceptors (Lipinski definition) is 3. The number of halogens is 1. The van der Waals surface area contributed by atoms with Gasteiger partial charge < -0.3 is 20.1 Å². The first-order chi connectivity index (χ1) is 14.6. The molecule has 3 aromatic carbocycles. The van der Waals surface area contributed by atoms with Gasteiger partial charge in [-0.2, -0.15) is 0 Å². The Labute approximate surface area is 181 Å². The zero-order valence-corrected chi connectivity index (χ0v) is 17.3. The molecule has 0 aromatic heterocycles. The van der Waals surface area contributed by atoms with Crippen molar-refractivity contribution in [2.45, 2.75) is 13.2 Å². The van der Waals surface area contributed by atoms with Crippen LogP contribution in [0.2, 0.25) is 0 Å². The average Bonchev–Trinajstić information content (AvgIpc) is 2.77. The third kappa shape index (κ3) is 6.90. The Morgan fingerprint density at radius 1 is 0.933 bits per heavy atom. The van der Waals surface area contributed by atoms with Gasteiger partial charge in [0.15, 0.2) is 5.11 Å². The summed E-state index contributed by atoms with van der Waals surface area (Å²) in [6, 6.07) is 21.6. The molecule has 0 bridgehead atoms. The molecule has 3 rings (SSSR count). The van der Waals surface area contributed by atoms with Crippen molar-refractivity contribution in [3.05, 3.63) is 102 Å². The average molecular weight is 423 g/mol. The SMILES string of the molecule is C=CCOc1cccc(NC(=S)NCc2ccc(OCc3ccc(F)cc3)cc2)c1. The van der Waals surface area contributed by atoms with Crippen molar-refractivity contribution < 1.29 is 13.9 Å². The number of nitrogens with one attached hydrogen (secondary N) is 2.